The van der Waals surface area contributed by atoms with Crippen LogP contribution in [-0.2, 0) is 5.41 Å². The maximum Gasteiger partial charge on any atom is 0.205 e. The lowest BCUT2D eigenvalue weighted by Crippen LogP contribution is -2.08. The van der Waals surface area contributed by atoms with Gasteiger partial charge in [-0.25, -0.2) is 8.78 Å². The zero-order valence-corrected chi connectivity index (χ0v) is 12.3. The van der Waals surface area contributed by atoms with Gasteiger partial charge >= 0.3 is 0 Å². The van der Waals surface area contributed by atoms with Gasteiger partial charge in [0.2, 0.25) is 5.78 Å². The molecule has 0 unspecified atom stereocenters. The predicted octanol–water partition coefficient (Wildman–Crippen LogP) is 4.14. The van der Waals surface area contributed by atoms with Crippen LogP contribution in [0.4, 0.5) is 14.5 Å². The number of anilines is 1. The molecule has 0 aliphatic heterocycles. The fraction of sp³-hybridized carbons (Fsp3) is 0.267. The van der Waals surface area contributed by atoms with Crippen LogP contribution in [0.5, 0.6) is 0 Å². The molecule has 1 aromatic carbocycles. The van der Waals surface area contributed by atoms with Crippen LogP contribution in [0.2, 0.25) is 0 Å². The highest BCUT2D eigenvalue weighted by atomic mass is 32.1. The van der Waals surface area contributed by atoms with E-state index in [2.05, 4.69) is 0 Å². The zero-order valence-electron chi connectivity index (χ0n) is 11.5. The number of halogens is 2. The average molecular weight is 295 g/mol. The molecule has 0 radical (unpaired) electrons. The Bertz CT molecular complexity index is 671. The molecule has 1 heterocycles. The topological polar surface area (TPSA) is 43.1 Å². The number of nitrogens with two attached hydrogens (primary N) is 1. The van der Waals surface area contributed by atoms with Crippen molar-refractivity contribution in [2.24, 2.45) is 0 Å². The van der Waals surface area contributed by atoms with Gasteiger partial charge in [-0.1, -0.05) is 20.8 Å². The first-order valence-corrected chi connectivity index (χ1v) is 6.91. The van der Waals surface area contributed by atoms with E-state index in [1.54, 1.807) is 6.07 Å². The Morgan fingerprint density at radius 1 is 1.15 bits per heavy atom. The van der Waals surface area contributed by atoms with Gasteiger partial charge in [-0.05, 0) is 23.6 Å². The molecular weight excluding hydrogens is 280 g/mol. The van der Waals surface area contributed by atoms with Crippen LogP contribution in [-0.4, -0.2) is 5.78 Å². The summed E-state index contributed by atoms with van der Waals surface area (Å²) in [5.41, 5.74) is 5.47. The van der Waals surface area contributed by atoms with Gasteiger partial charge in [0.1, 0.15) is 0 Å². The molecule has 5 heteroatoms. The molecule has 20 heavy (non-hydrogen) atoms. The summed E-state index contributed by atoms with van der Waals surface area (Å²) in [5, 5.41) is 0. The van der Waals surface area contributed by atoms with Crippen molar-refractivity contribution in [3.63, 3.8) is 0 Å². The SMILES string of the molecule is CC(C)(C)c1ccc(C(=O)c2cc(F)c(F)cc2N)s1. The molecule has 0 spiro atoms. The minimum atomic E-state index is -1.07. The van der Waals surface area contributed by atoms with E-state index in [4.69, 9.17) is 5.73 Å². The van der Waals surface area contributed by atoms with Gasteiger partial charge in [-0.2, -0.15) is 0 Å². The summed E-state index contributed by atoms with van der Waals surface area (Å²) < 4.78 is 26.3. The second-order valence-corrected chi connectivity index (χ2v) is 6.68. The van der Waals surface area contributed by atoms with Crippen LogP contribution in [0.25, 0.3) is 0 Å². The summed E-state index contributed by atoms with van der Waals surface area (Å²) >= 11 is 1.34. The first-order valence-electron chi connectivity index (χ1n) is 6.09. The van der Waals surface area contributed by atoms with E-state index in [0.29, 0.717) is 4.88 Å². The molecule has 2 N–H and O–H groups in total. The van der Waals surface area contributed by atoms with Crippen LogP contribution < -0.4 is 5.73 Å². The molecule has 0 amide bonds. The molecule has 106 valence electrons. The second kappa shape index (κ2) is 4.98. The first-order chi connectivity index (χ1) is 9.20. The van der Waals surface area contributed by atoms with Crippen LogP contribution in [0.3, 0.4) is 0 Å². The lowest BCUT2D eigenvalue weighted by Gasteiger charge is -2.15. The summed E-state index contributed by atoms with van der Waals surface area (Å²) in [5.74, 6) is -2.52. The molecule has 0 fully saturated rings. The van der Waals surface area contributed by atoms with Gasteiger partial charge in [0.15, 0.2) is 11.6 Å². The number of hydrogen-bond acceptors (Lipinski definition) is 3. The molecule has 2 aromatic rings. The van der Waals surface area contributed by atoms with Gasteiger partial charge in [-0.15, -0.1) is 11.3 Å². The average Bonchev–Trinajstić information content (AvgIpc) is 2.82. The molecule has 2 nitrogen and oxygen atoms in total. The highest BCUT2D eigenvalue weighted by Gasteiger charge is 2.21. The lowest BCUT2D eigenvalue weighted by atomic mass is 9.95. The molecular formula is C15H15F2NOS. The molecule has 0 aliphatic rings. The number of rotatable bonds is 2. The summed E-state index contributed by atoms with van der Waals surface area (Å²) in [4.78, 5) is 13.8. The van der Waals surface area contributed by atoms with Gasteiger partial charge in [0, 0.05) is 22.2 Å². The predicted molar refractivity (Wildman–Crippen MR) is 77.2 cm³/mol. The van der Waals surface area contributed by atoms with E-state index in [1.807, 2.05) is 26.8 Å². The van der Waals surface area contributed by atoms with E-state index >= 15 is 0 Å². The molecule has 0 saturated heterocycles. The Morgan fingerprint density at radius 3 is 2.30 bits per heavy atom. The molecule has 0 saturated carbocycles. The Labute approximate surface area is 120 Å². The van der Waals surface area contributed by atoms with Crippen molar-refractivity contribution in [1.29, 1.82) is 0 Å². The van der Waals surface area contributed by atoms with Crippen molar-refractivity contribution in [1.82, 2.24) is 0 Å². The number of benzene rings is 1. The third-order valence-corrected chi connectivity index (χ3v) is 4.42. The first kappa shape index (κ1) is 14.7. The third-order valence-electron chi connectivity index (χ3n) is 2.91. The molecule has 1 aromatic heterocycles. The van der Waals surface area contributed by atoms with Crippen LogP contribution in [0.15, 0.2) is 24.3 Å². The summed E-state index contributed by atoms with van der Waals surface area (Å²) in [6, 6.07) is 5.24. The highest BCUT2D eigenvalue weighted by molar-refractivity contribution is 7.14. The Balaban J connectivity index is 2.42. The maximum atomic E-state index is 13.3. The third kappa shape index (κ3) is 2.72. The molecule has 0 atom stereocenters. The number of nitrogen functional groups attached to an aromatic ring is 1. The van der Waals surface area contributed by atoms with E-state index in [9.17, 15) is 13.6 Å². The number of carbonyl (C=O) groups is 1. The minimum Gasteiger partial charge on any atom is -0.398 e. The van der Waals surface area contributed by atoms with E-state index in [-0.39, 0.29) is 22.4 Å². The normalized spacial score (nSPS) is 11.7. The number of ketones is 1. The number of carbonyl (C=O) groups excluding carboxylic acids is 1. The van der Waals surface area contributed by atoms with Crippen LogP contribution in [0.1, 0.15) is 40.9 Å². The second-order valence-electron chi connectivity index (χ2n) is 5.60. The van der Waals surface area contributed by atoms with Crippen LogP contribution >= 0.6 is 11.3 Å². The van der Waals surface area contributed by atoms with Crippen molar-refractivity contribution >= 4 is 22.8 Å². The van der Waals surface area contributed by atoms with E-state index < -0.39 is 11.6 Å². The van der Waals surface area contributed by atoms with Crippen molar-refractivity contribution in [3.8, 4) is 0 Å². The maximum absolute atomic E-state index is 13.3. The Morgan fingerprint density at radius 2 is 1.75 bits per heavy atom. The summed E-state index contributed by atoms with van der Waals surface area (Å²) in [7, 11) is 0. The Kier molecular flexibility index (Phi) is 3.65. The fourth-order valence-corrected chi connectivity index (χ4v) is 2.77. The standard InChI is InChI=1S/C15H15F2NOS/c1-15(2,3)13-5-4-12(20-13)14(19)8-6-9(16)10(17)7-11(8)18/h4-7H,18H2,1-3H3. The van der Waals surface area contributed by atoms with Gasteiger partial charge in [0.25, 0.3) is 0 Å². The van der Waals surface area contributed by atoms with E-state index in [0.717, 1.165) is 17.0 Å². The quantitative estimate of drug-likeness (QED) is 0.668. The Hall–Kier alpha value is -1.75. The molecule has 0 aliphatic carbocycles. The monoisotopic (exact) mass is 295 g/mol. The smallest absolute Gasteiger partial charge is 0.205 e. The van der Waals surface area contributed by atoms with Gasteiger partial charge < -0.3 is 5.73 Å². The van der Waals surface area contributed by atoms with Crippen molar-refractivity contribution in [2.75, 3.05) is 5.73 Å². The minimum absolute atomic E-state index is 0.00814. The highest BCUT2D eigenvalue weighted by Crippen LogP contribution is 2.31. The van der Waals surface area contributed by atoms with Crippen molar-refractivity contribution in [3.05, 3.63) is 51.2 Å². The summed E-state index contributed by atoms with van der Waals surface area (Å²) in [6.45, 7) is 6.12. The molecule has 0 bridgehead atoms. The lowest BCUT2D eigenvalue weighted by molar-refractivity contribution is 0.104. The zero-order chi connectivity index (χ0) is 15.1. The summed E-state index contributed by atoms with van der Waals surface area (Å²) in [6.07, 6.45) is 0. The fourth-order valence-electron chi connectivity index (χ4n) is 1.75. The number of thiophene rings is 1. The van der Waals surface area contributed by atoms with Gasteiger partial charge in [-0.3, -0.25) is 4.79 Å². The molecule has 2 rings (SSSR count). The van der Waals surface area contributed by atoms with Crippen molar-refractivity contribution < 1.29 is 13.6 Å². The van der Waals surface area contributed by atoms with Gasteiger partial charge in [0.05, 0.1) is 4.88 Å². The van der Waals surface area contributed by atoms with Crippen LogP contribution in [0, 0.1) is 11.6 Å². The van der Waals surface area contributed by atoms with Crippen molar-refractivity contribution in [2.45, 2.75) is 26.2 Å². The number of hydrogen-bond donors (Lipinski definition) is 1. The van der Waals surface area contributed by atoms with E-state index in [1.165, 1.54) is 11.3 Å². The largest absolute Gasteiger partial charge is 0.398 e.